The number of carbonyl (C=O) groups excluding carboxylic acids is 2. The zero-order chi connectivity index (χ0) is 19.8. The number of aromatic nitrogens is 1. The Morgan fingerprint density at radius 3 is 2.32 bits per heavy atom. The third kappa shape index (κ3) is 5.92. The van der Waals surface area contributed by atoms with Gasteiger partial charge in [-0.2, -0.15) is 0 Å². The zero-order valence-electron chi connectivity index (χ0n) is 14.9. The predicted octanol–water partition coefficient (Wildman–Crippen LogP) is 4.59. The largest absolute Gasteiger partial charge is 0.326 e. The molecule has 0 bridgehead atoms. The number of carbonyl (C=O) groups is 2. The molecule has 0 spiro atoms. The number of pyridine rings is 1. The Morgan fingerprint density at radius 2 is 1.61 bits per heavy atom. The molecule has 5 nitrogen and oxygen atoms in total. The fraction of sp³-hybridized carbons (Fsp3) is 0.0952. The van der Waals surface area contributed by atoms with Crippen molar-refractivity contribution in [1.29, 1.82) is 0 Å². The van der Waals surface area contributed by atoms with E-state index in [2.05, 4.69) is 15.6 Å². The molecule has 0 saturated heterocycles. The fourth-order valence-corrected chi connectivity index (χ4v) is 3.25. The van der Waals surface area contributed by atoms with Crippen LogP contribution in [0.15, 0.2) is 78.0 Å². The van der Waals surface area contributed by atoms with Crippen LogP contribution < -0.4 is 10.6 Å². The Balaban J connectivity index is 1.50. The first-order chi connectivity index (χ1) is 13.6. The molecule has 7 heteroatoms. The van der Waals surface area contributed by atoms with Gasteiger partial charge in [0.2, 0.25) is 5.91 Å². The van der Waals surface area contributed by atoms with Crippen molar-refractivity contribution in [2.24, 2.45) is 0 Å². The fourth-order valence-electron chi connectivity index (χ4n) is 2.40. The lowest BCUT2D eigenvalue weighted by molar-refractivity contribution is -0.115. The number of benzene rings is 2. The second kappa shape index (κ2) is 9.66. The van der Waals surface area contributed by atoms with Crippen LogP contribution in [0.1, 0.15) is 16.8 Å². The lowest BCUT2D eigenvalue weighted by atomic mass is 10.2. The van der Waals surface area contributed by atoms with Gasteiger partial charge in [-0.1, -0.05) is 6.07 Å². The smallest absolute Gasteiger partial charge is 0.255 e. The summed E-state index contributed by atoms with van der Waals surface area (Å²) in [6.45, 7) is 0. The third-order valence-electron chi connectivity index (χ3n) is 3.76. The van der Waals surface area contributed by atoms with Crippen molar-refractivity contribution in [2.45, 2.75) is 11.3 Å². The number of nitrogens with zero attached hydrogens (tertiary/aromatic N) is 1. The molecule has 1 heterocycles. The molecule has 2 amide bonds. The van der Waals surface area contributed by atoms with Gasteiger partial charge in [0.15, 0.2) is 0 Å². The maximum atomic E-state index is 12.9. The summed E-state index contributed by atoms with van der Waals surface area (Å²) in [5.74, 6) is -0.0811. The Morgan fingerprint density at radius 1 is 0.929 bits per heavy atom. The van der Waals surface area contributed by atoms with E-state index in [1.165, 1.54) is 23.9 Å². The summed E-state index contributed by atoms with van der Waals surface area (Å²) < 4.78 is 12.9. The van der Waals surface area contributed by atoms with E-state index < -0.39 is 0 Å². The van der Waals surface area contributed by atoms with Crippen LogP contribution in [0.2, 0.25) is 0 Å². The van der Waals surface area contributed by atoms with Crippen LogP contribution in [0.5, 0.6) is 0 Å². The molecule has 28 heavy (non-hydrogen) atoms. The van der Waals surface area contributed by atoms with E-state index in [1.807, 2.05) is 0 Å². The predicted molar refractivity (Wildman–Crippen MR) is 109 cm³/mol. The van der Waals surface area contributed by atoms with Gasteiger partial charge in [-0.15, -0.1) is 11.8 Å². The normalized spacial score (nSPS) is 10.3. The van der Waals surface area contributed by atoms with E-state index >= 15 is 0 Å². The zero-order valence-corrected chi connectivity index (χ0v) is 15.7. The molecule has 2 aromatic carbocycles. The molecule has 0 atom stereocenters. The van der Waals surface area contributed by atoms with Crippen molar-refractivity contribution >= 4 is 35.0 Å². The average molecular weight is 395 g/mol. The summed E-state index contributed by atoms with van der Waals surface area (Å²) in [4.78, 5) is 29.1. The van der Waals surface area contributed by atoms with Gasteiger partial charge in [-0.05, 0) is 54.6 Å². The molecule has 1 aromatic heterocycles. The van der Waals surface area contributed by atoms with Crippen molar-refractivity contribution in [3.63, 3.8) is 0 Å². The number of amides is 2. The first kappa shape index (κ1) is 19.6. The minimum Gasteiger partial charge on any atom is -0.326 e. The molecule has 3 rings (SSSR count). The first-order valence-corrected chi connectivity index (χ1v) is 9.58. The van der Waals surface area contributed by atoms with Crippen LogP contribution in [0.3, 0.4) is 0 Å². The summed E-state index contributed by atoms with van der Waals surface area (Å²) in [6, 6.07) is 16.4. The van der Waals surface area contributed by atoms with Crippen LogP contribution in [0, 0.1) is 5.82 Å². The number of hydrogen-bond donors (Lipinski definition) is 2. The van der Waals surface area contributed by atoms with Crippen molar-refractivity contribution in [1.82, 2.24) is 4.98 Å². The van der Waals surface area contributed by atoms with E-state index in [4.69, 9.17) is 0 Å². The standard InChI is InChI=1S/C21H18FN3O2S/c22-16-4-6-19(7-5-16)28-13-10-20(26)24-17-2-1-3-18(14-17)25-21(27)15-8-11-23-12-9-15/h1-9,11-12,14H,10,13H2,(H,24,26)(H,25,27). The van der Waals surface area contributed by atoms with Gasteiger partial charge < -0.3 is 10.6 Å². The Bertz CT molecular complexity index is 949. The number of rotatable bonds is 7. The topological polar surface area (TPSA) is 71.1 Å². The quantitative estimate of drug-likeness (QED) is 0.574. The second-order valence-corrected chi connectivity index (χ2v) is 7.04. The monoisotopic (exact) mass is 395 g/mol. The molecule has 0 aliphatic carbocycles. The van der Waals surface area contributed by atoms with Gasteiger partial charge in [0.05, 0.1) is 0 Å². The van der Waals surface area contributed by atoms with Crippen LogP contribution in [0.25, 0.3) is 0 Å². The minimum atomic E-state index is -0.280. The van der Waals surface area contributed by atoms with Crippen molar-refractivity contribution < 1.29 is 14.0 Å². The maximum absolute atomic E-state index is 12.9. The van der Waals surface area contributed by atoms with Gasteiger partial charge >= 0.3 is 0 Å². The SMILES string of the molecule is O=C(CCSc1ccc(F)cc1)Nc1cccc(NC(=O)c2ccncc2)c1. The minimum absolute atomic E-state index is 0.132. The van der Waals surface area contributed by atoms with Crippen LogP contribution in [-0.2, 0) is 4.79 Å². The lowest BCUT2D eigenvalue weighted by Gasteiger charge is -2.09. The van der Waals surface area contributed by atoms with Crippen molar-refractivity contribution in [3.8, 4) is 0 Å². The lowest BCUT2D eigenvalue weighted by Crippen LogP contribution is -2.14. The number of hydrogen-bond acceptors (Lipinski definition) is 4. The molecule has 0 fully saturated rings. The number of anilines is 2. The molecular formula is C21H18FN3O2S. The summed E-state index contributed by atoms with van der Waals surface area (Å²) in [5.41, 5.74) is 1.69. The summed E-state index contributed by atoms with van der Waals surface area (Å²) in [6.07, 6.45) is 3.42. The molecular weight excluding hydrogens is 377 g/mol. The Kier molecular flexibility index (Phi) is 6.75. The van der Waals surface area contributed by atoms with Crippen LogP contribution >= 0.6 is 11.8 Å². The molecule has 0 saturated carbocycles. The molecule has 0 aliphatic rings. The van der Waals surface area contributed by atoms with Gasteiger partial charge in [0, 0.05) is 46.4 Å². The Labute approximate surface area is 166 Å². The average Bonchev–Trinajstić information content (AvgIpc) is 2.70. The van der Waals surface area contributed by atoms with Crippen molar-refractivity contribution in [2.75, 3.05) is 16.4 Å². The Hall–Kier alpha value is -3.19. The number of nitrogens with one attached hydrogen (secondary N) is 2. The molecule has 2 N–H and O–H groups in total. The maximum Gasteiger partial charge on any atom is 0.255 e. The number of halogens is 1. The van der Waals surface area contributed by atoms with Crippen LogP contribution in [0.4, 0.5) is 15.8 Å². The van der Waals surface area contributed by atoms with Gasteiger partial charge in [0.25, 0.3) is 5.91 Å². The summed E-state index contributed by atoms with van der Waals surface area (Å²) >= 11 is 1.49. The van der Waals surface area contributed by atoms with Gasteiger partial charge in [-0.25, -0.2) is 4.39 Å². The molecule has 0 aliphatic heterocycles. The van der Waals surface area contributed by atoms with E-state index in [9.17, 15) is 14.0 Å². The van der Waals surface area contributed by atoms with E-state index in [0.29, 0.717) is 29.1 Å². The molecule has 3 aromatic rings. The van der Waals surface area contributed by atoms with Gasteiger partial charge in [-0.3, -0.25) is 14.6 Å². The molecule has 142 valence electrons. The van der Waals surface area contributed by atoms with E-state index in [-0.39, 0.29) is 17.6 Å². The first-order valence-electron chi connectivity index (χ1n) is 8.60. The molecule has 0 unspecified atom stereocenters. The third-order valence-corrected chi connectivity index (χ3v) is 4.77. The number of thioether (sulfide) groups is 1. The molecule has 0 radical (unpaired) electrons. The van der Waals surface area contributed by atoms with Crippen LogP contribution in [-0.4, -0.2) is 22.6 Å². The highest BCUT2D eigenvalue weighted by molar-refractivity contribution is 7.99. The highest BCUT2D eigenvalue weighted by Gasteiger charge is 2.07. The van der Waals surface area contributed by atoms with Gasteiger partial charge in [0.1, 0.15) is 5.82 Å². The highest BCUT2D eigenvalue weighted by atomic mass is 32.2. The van der Waals surface area contributed by atoms with E-state index in [0.717, 1.165) is 4.90 Å². The second-order valence-electron chi connectivity index (χ2n) is 5.87. The van der Waals surface area contributed by atoms with Crippen molar-refractivity contribution in [3.05, 3.63) is 84.4 Å². The summed E-state index contributed by atoms with van der Waals surface area (Å²) in [7, 11) is 0. The highest BCUT2D eigenvalue weighted by Crippen LogP contribution is 2.20. The summed E-state index contributed by atoms with van der Waals surface area (Å²) in [5, 5.41) is 5.61. The van der Waals surface area contributed by atoms with E-state index in [1.54, 1.807) is 60.9 Å².